The van der Waals surface area contributed by atoms with Gasteiger partial charge in [-0.3, -0.25) is 23.9 Å². The number of aromatic nitrogens is 2. The molecule has 3 rings (SSSR count). The number of benzene rings is 1. The molecule has 1 aromatic heterocycles. The van der Waals surface area contributed by atoms with Gasteiger partial charge in [0.25, 0.3) is 5.56 Å². The zero-order valence-corrected chi connectivity index (χ0v) is 15.6. The van der Waals surface area contributed by atoms with E-state index in [1.54, 1.807) is 18.2 Å². The lowest BCUT2D eigenvalue weighted by Crippen LogP contribution is -2.54. The van der Waals surface area contributed by atoms with E-state index in [1.165, 1.54) is 19.1 Å². The molecule has 154 valence electrons. The first-order chi connectivity index (χ1) is 13.6. The third kappa shape index (κ3) is 3.36. The number of H-pyrrole nitrogens is 1. The lowest BCUT2D eigenvalue weighted by Gasteiger charge is -2.29. The molecular formula is C19H20N2O8. The number of nitrogens with zero attached hydrogens (tertiary/aromatic N) is 1. The molecule has 29 heavy (non-hydrogen) atoms. The average molecular weight is 404 g/mol. The van der Waals surface area contributed by atoms with Gasteiger partial charge in [0, 0.05) is 11.8 Å². The van der Waals surface area contributed by atoms with Gasteiger partial charge in [-0.2, -0.15) is 0 Å². The Morgan fingerprint density at radius 3 is 2.45 bits per heavy atom. The highest BCUT2D eigenvalue weighted by molar-refractivity contribution is 5.93. The van der Waals surface area contributed by atoms with Crippen LogP contribution in [0.25, 0.3) is 0 Å². The Hall–Kier alpha value is -2.92. The second-order valence-electron chi connectivity index (χ2n) is 6.93. The molecule has 0 radical (unpaired) electrons. The highest BCUT2D eigenvalue weighted by Crippen LogP contribution is 2.40. The fourth-order valence-corrected chi connectivity index (χ4v) is 3.29. The van der Waals surface area contributed by atoms with Crippen LogP contribution in [0.4, 0.5) is 0 Å². The van der Waals surface area contributed by atoms with Crippen molar-refractivity contribution in [3.8, 4) is 0 Å². The SMILES string of the molecule is CC(=O)[C@@]1(O)[C@H](O)[C@@H](C(=O)C(O)c2ccccc2)O[C@H]1n1cc(C)c(=O)[nH]c1=O. The molecule has 1 aliphatic heterocycles. The summed E-state index contributed by atoms with van der Waals surface area (Å²) in [6.45, 7) is 2.35. The number of ketones is 2. The quantitative estimate of drug-likeness (QED) is 0.480. The topological polar surface area (TPSA) is 159 Å². The number of rotatable bonds is 5. The number of aliphatic hydroxyl groups is 3. The number of aryl methyl sites for hydroxylation is 1. The molecule has 1 aromatic carbocycles. The first kappa shape index (κ1) is 20.8. The van der Waals surface area contributed by atoms with Gasteiger partial charge in [-0.15, -0.1) is 0 Å². The summed E-state index contributed by atoms with van der Waals surface area (Å²) in [7, 11) is 0. The van der Waals surface area contributed by atoms with E-state index in [2.05, 4.69) is 0 Å². The molecule has 1 saturated heterocycles. The van der Waals surface area contributed by atoms with Crippen LogP contribution in [-0.4, -0.2) is 54.2 Å². The lowest BCUT2D eigenvalue weighted by molar-refractivity contribution is -0.157. The van der Waals surface area contributed by atoms with E-state index in [-0.39, 0.29) is 11.1 Å². The lowest BCUT2D eigenvalue weighted by atomic mass is 9.87. The van der Waals surface area contributed by atoms with Gasteiger partial charge in [0.1, 0.15) is 12.2 Å². The Morgan fingerprint density at radius 2 is 1.86 bits per heavy atom. The highest BCUT2D eigenvalue weighted by Gasteiger charge is 2.62. The molecule has 2 heterocycles. The molecule has 0 bridgehead atoms. The van der Waals surface area contributed by atoms with Crippen molar-refractivity contribution in [2.45, 2.75) is 44.0 Å². The van der Waals surface area contributed by atoms with Crippen LogP contribution in [0.1, 0.15) is 30.4 Å². The predicted octanol–water partition coefficient (Wildman–Crippen LogP) is -1.27. The first-order valence-electron chi connectivity index (χ1n) is 8.74. The summed E-state index contributed by atoms with van der Waals surface area (Å²) in [6, 6.07) is 7.82. The smallest absolute Gasteiger partial charge is 0.330 e. The van der Waals surface area contributed by atoms with Crippen molar-refractivity contribution in [3.05, 3.63) is 68.5 Å². The molecule has 2 aromatic rings. The molecule has 0 spiro atoms. The molecule has 4 N–H and O–H groups in total. The van der Waals surface area contributed by atoms with Crippen LogP contribution in [0.15, 0.2) is 46.1 Å². The van der Waals surface area contributed by atoms with Crippen molar-refractivity contribution in [2.75, 3.05) is 0 Å². The van der Waals surface area contributed by atoms with Gasteiger partial charge in [-0.05, 0) is 19.4 Å². The van der Waals surface area contributed by atoms with E-state index in [4.69, 9.17) is 4.74 Å². The van der Waals surface area contributed by atoms with Gasteiger partial charge in [0.2, 0.25) is 0 Å². The minimum Gasteiger partial charge on any atom is -0.386 e. The Morgan fingerprint density at radius 1 is 1.24 bits per heavy atom. The minimum absolute atomic E-state index is 0.0766. The van der Waals surface area contributed by atoms with Crippen LogP contribution in [0.2, 0.25) is 0 Å². The number of nitrogens with one attached hydrogen (secondary N) is 1. The maximum atomic E-state index is 12.7. The Labute approximate surface area is 164 Å². The third-order valence-corrected chi connectivity index (χ3v) is 5.02. The zero-order valence-electron chi connectivity index (χ0n) is 15.6. The largest absolute Gasteiger partial charge is 0.386 e. The van der Waals surface area contributed by atoms with Crippen molar-refractivity contribution >= 4 is 11.6 Å². The molecule has 0 aliphatic carbocycles. The zero-order chi connectivity index (χ0) is 21.5. The van der Waals surface area contributed by atoms with Crippen molar-refractivity contribution in [3.63, 3.8) is 0 Å². The van der Waals surface area contributed by atoms with Crippen LogP contribution >= 0.6 is 0 Å². The summed E-state index contributed by atoms with van der Waals surface area (Å²) < 4.78 is 6.15. The number of aromatic amines is 1. The number of ether oxygens (including phenoxy) is 1. The van der Waals surface area contributed by atoms with Gasteiger partial charge in [-0.25, -0.2) is 4.79 Å². The summed E-state index contributed by atoms with van der Waals surface area (Å²) in [6.07, 6.45) is -6.31. The van der Waals surface area contributed by atoms with Gasteiger partial charge in [-0.1, -0.05) is 30.3 Å². The van der Waals surface area contributed by atoms with Crippen LogP contribution in [0.3, 0.4) is 0 Å². The highest BCUT2D eigenvalue weighted by atomic mass is 16.6. The first-order valence-corrected chi connectivity index (χ1v) is 8.74. The van der Waals surface area contributed by atoms with E-state index in [0.29, 0.717) is 0 Å². The van der Waals surface area contributed by atoms with Crippen molar-refractivity contribution < 1.29 is 29.6 Å². The van der Waals surface area contributed by atoms with Crippen LogP contribution in [-0.2, 0) is 14.3 Å². The average Bonchev–Trinajstić information content (AvgIpc) is 2.96. The maximum absolute atomic E-state index is 12.7. The molecule has 0 saturated carbocycles. The maximum Gasteiger partial charge on any atom is 0.330 e. The number of carbonyl (C=O) groups is 2. The summed E-state index contributed by atoms with van der Waals surface area (Å²) in [5.74, 6) is -1.96. The van der Waals surface area contributed by atoms with Crippen LogP contribution in [0, 0.1) is 6.92 Å². The van der Waals surface area contributed by atoms with Gasteiger partial charge in [0.15, 0.2) is 29.5 Å². The fraction of sp³-hybridized carbons (Fsp3) is 0.368. The Kier molecular flexibility index (Phi) is 5.37. The molecular weight excluding hydrogens is 384 g/mol. The number of Topliss-reactive ketones (excluding diaryl/α,β-unsaturated/α-hetero) is 2. The van der Waals surface area contributed by atoms with Crippen molar-refractivity contribution in [2.24, 2.45) is 0 Å². The van der Waals surface area contributed by atoms with E-state index >= 15 is 0 Å². The monoisotopic (exact) mass is 404 g/mol. The number of carbonyl (C=O) groups excluding carboxylic acids is 2. The van der Waals surface area contributed by atoms with Gasteiger partial charge >= 0.3 is 5.69 Å². The predicted molar refractivity (Wildman–Crippen MR) is 98.0 cm³/mol. The van der Waals surface area contributed by atoms with E-state index in [0.717, 1.165) is 17.7 Å². The number of hydrogen-bond acceptors (Lipinski definition) is 8. The molecule has 5 atom stereocenters. The summed E-state index contributed by atoms with van der Waals surface area (Å²) in [4.78, 5) is 50.8. The molecule has 0 amide bonds. The minimum atomic E-state index is -2.66. The normalized spacial score (nSPS) is 27.6. The Bertz CT molecular complexity index is 1060. The summed E-state index contributed by atoms with van der Waals surface area (Å²) in [5.41, 5.74) is -4.05. The second kappa shape index (κ2) is 7.48. The van der Waals surface area contributed by atoms with E-state index < -0.39 is 53.0 Å². The van der Waals surface area contributed by atoms with Gasteiger partial charge < -0.3 is 20.1 Å². The third-order valence-electron chi connectivity index (χ3n) is 5.02. The second-order valence-corrected chi connectivity index (χ2v) is 6.93. The molecule has 1 unspecified atom stereocenters. The number of hydrogen-bond donors (Lipinski definition) is 4. The van der Waals surface area contributed by atoms with E-state index in [9.17, 15) is 34.5 Å². The molecule has 10 nitrogen and oxygen atoms in total. The molecule has 1 fully saturated rings. The van der Waals surface area contributed by atoms with E-state index in [1.807, 2.05) is 4.98 Å². The standard InChI is InChI=1S/C19H20N2O8/c1-9-8-21(18(27)20-16(9)26)17-19(28,10(2)22)15(25)14(29-17)13(24)12(23)11-6-4-3-5-7-11/h3-8,12,14-15,17,23,25,28H,1-2H3,(H,20,26,27)/t12?,14-,15-,17-,19-/m1/s1. The van der Waals surface area contributed by atoms with Crippen LogP contribution < -0.4 is 11.2 Å². The summed E-state index contributed by atoms with van der Waals surface area (Å²) >= 11 is 0. The van der Waals surface area contributed by atoms with Crippen LogP contribution in [0.5, 0.6) is 0 Å². The molecule has 1 aliphatic rings. The number of aliphatic hydroxyl groups excluding tert-OH is 2. The van der Waals surface area contributed by atoms with Crippen molar-refractivity contribution in [1.29, 1.82) is 0 Å². The fourth-order valence-electron chi connectivity index (χ4n) is 3.29. The van der Waals surface area contributed by atoms with Gasteiger partial charge in [0.05, 0.1) is 0 Å². The van der Waals surface area contributed by atoms with Crippen molar-refractivity contribution in [1.82, 2.24) is 9.55 Å². The summed E-state index contributed by atoms with van der Waals surface area (Å²) in [5, 5.41) is 31.8. The molecule has 10 heteroatoms. The Balaban J connectivity index is 2.04.